The SMILES string of the molecule is [CH2]c1cccc(C(C)C)c1C(F)(F)F. The normalized spacial score (nSPS) is 12.2. The minimum atomic E-state index is -4.31. The minimum Gasteiger partial charge on any atom is -0.166 e. The minimum absolute atomic E-state index is 0.0451. The van der Waals surface area contributed by atoms with E-state index in [1.165, 1.54) is 12.1 Å². The zero-order chi connectivity index (χ0) is 10.9. The summed E-state index contributed by atoms with van der Waals surface area (Å²) in [5, 5.41) is 0. The van der Waals surface area contributed by atoms with Gasteiger partial charge in [0.25, 0.3) is 0 Å². The van der Waals surface area contributed by atoms with E-state index in [2.05, 4.69) is 6.92 Å². The predicted octanol–water partition coefficient (Wildman–Crippen LogP) is 4.01. The van der Waals surface area contributed by atoms with Crippen molar-refractivity contribution in [2.75, 3.05) is 0 Å². The molecule has 14 heavy (non-hydrogen) atoms. The van der Waals surface area contributed by atoms with E-state index >= 15 is 0 Å². The highest BCUT2D eigenvalue weighted by Gasteiger charge is 2.35. The molecule has 0 aliphatic heterocycles. The van der Waals surface area contributed by atoms with Crippen molar-refractivity contribution in [3.05, 3.63) is 41.8 Å². The van der Waals surface area contributed by atoms with Crippen molar-refractivity contribution in [3.8, 4) is 0 Å². The lowest BCUT2D eigenvalue weighted by Gasteiger charge is -2.17. The van der Waals surface area contributed by atoms with Gasteiger partial charge in [0.2, 0.25) is 0 Å². The fourth-order valence-electron chi connectivity index (χ4n) is 1.45. The first-order chi connectivity index (χ1) is 6.34. The third-order valence-corrected chi connectivity index (χ3v) is 2.09. The first-order valence-corrected chi connectivity index (χ1v) is 4.36. The van der Waals surface area contributed by atoms with Crippen molar-refractivity contribution in [2.45, 2.75) is 25.9 Å². The Bertz CT molecular complexity index is 324. The lowest BCUT2D eigenvalue weighted by Crippen LogP contribution is -2.12. The lowest BCUT2D eigenvalue weighted by atomic mass is 9.93. The van der Waals surface area contributed by atoms with Gasteiger partial charge in [-0.3, -0.25) is 0 Å². The van der Waals surface area contributed by atoms with Gasteiger partial charge in [-0.2, -0.15) is 13.2 Å². The second-order valence-electron chi connectivity index (χ2n) is 3.53. The van der Waals surface area contributed by atoms with Crippen LogP contribution in [-0.2, 0) is 6.18 Å². The molecule has 0 fully saturated rings. The van der Waals surface area contributed by atoms with Crippen molar-refractivity contribution in [3.63, 3.8) is 0 Å². The molecule has 0 spiro atoms. The largest absolute Gasteiger partial charge is 0.416 e. The lowest BCUT2D eigenvalue weighted by molar-refractivity contribution is -0.138. The number of halogens is 3. The van der Waals surface area contributed by atoms with Crippen LogP contribution in [0.3, 0.4) is 0 Å². The second-order valence-corrected chi connectivity index (χ2v) is 3.53. The molecule has 0 nitrogen and oxygen atoms in total. The van der Waals surface area contributed by atoms with Gasteiger partial charge in [0.05, 0.1) is 5.56 Å². The van der Waals surface area contributed by atoms with Gasteiger partial charge >= 0.3 is 6.18 Å². The van der Waals surface area contributed by atoms with Gasteiger partial charge in [0, 0.05) is 0 Å². The van der Waals surface area contributed by atoms with E-state index < -0.39 is 11.7 Å². The van der Waals surface area contributed by atoms with Gasteiger partial charge < -0.3 is 0 Å². The molecule has 77 valence electrons. The molecule has 0 aliphatic carbocycles. The standard InChI is InChI=1S/C11H12F3/c1-7(2)9-6-4-5-8(3)10(9)11(12,13)14/h4-7H,3H2,1-2H3. The maximum atomic E-state index is 12.6. The molecule has 0 amide bonds. The van der Waals surface area contributed by atoms with Gasteiger partial charge in [0.1, 0.15) is 0 Å². The summed E-state index contributed by atoms with van der Waals surface area (Å²) in [7, 11) is 0. The van der Waals surface area contributed by atoms with Crippen molar-refractivity contribution in [1.29, 1.82) is 0 Å². The van der Waals surface area contributed by atoms with Crippen LogP contribution in [0.1, 0.15) is 36.5 Å². The molecular weight excluding hydrogens is 189 g/mol. The van der Waals surface area contributed by atoms with Crippen LogP contribution in [-0.4, -0.2) is 0 Å². The van der Waals surface area contributed by atoms with E-state index in [4.69, 9.17) is 0 Å². The maximum Gasteiger partial charge on any atom is 0.416 e. The maximum absolute atomic E-state index is 12.6. The topological polar surface area (TPSA) is 0 Å². The van der Waals surface area contributed by atoms with Crippen LogP contribution in [0.5, 0.6) is 0 Å². The van der Waals surface area contributed by atoms with Crippen molar-refractivity contribution in [2.24, 2.45) is 0 Å². The van der Waals surface area contributed by atoms with Crippen molar-refractivity contribution in [1.82, 2.24) is 0 Å². The predicted molar refractivity (Wildman–Crippen MR) is 50.0 cm³/mol. The quantitative estimate of drug-likeness (QED) is 0.644. The number of rotatable bonds is 1. The van der Waals surface area contributed by atoms with Gasteiger partial charge in [-0.15, -0.1) is 0 Å². The van der Waals surface area contributed by atoms with E-state index in [1.54, 1.807) is 19.9 Å². The summed E-state index contributed by atoms with van der Waals surface area (Å²) < 4.78 is 37.9. The van der Waals surface area contributed by atoms with Crippen LogP contribution in [0.25, 0.3) is 0 Å². The Kier molecular flexibility index (Phi) is 2.88. The molecule has 1 radical (unpaired) electrons. The number of hydrogen-bond donors (Lipinski definition) is 0. The average Bonchev–Trinajstić information content (AvgIpc) is 2.01. The Morgan fingerprint density at radius 3 is 2.14 bits per heavy atom. The number of alkyl halides is 3. The van der Waals surface area contributed by atoms with Crippen LogP contribution in [0, 0.1) is 6.92 Å². The monoisotopic (exact) mass is 201 g/mol. The summed E-state index contributed by atoms with van der Waals surface area (Å²) in [5.41, 5.74) is -0.233. The summed E-state index contributed by atoms with van der Waals surface area (Å²) in [4.78, 5) is 0. The molecule has 1 rings (SSSR count). The van der Waals surface area contributed by atoms with Gasteiger partial charge in [-0.25, -0.2) is 0 Å². The average molecular weight is 201 g/mol. The van der Waals surface area contributed by atoms with Gasteiger partial charge in [-0.1, -0.05) is 32.0 Å². The molecule has 0 saturated carbocycles. The molecule has 1 aromatic carbocycles. The Labute approximate surface area is 81.8 Å². The van der Waals surface area contributed by atoms with Crippen molar-refractivity contribution < 1.29 is 13.2 Å². The smallest absolute Gasteiger partial charge is 0.166 e. The third kappa shape index (κ3) is 2.08. The summed E-state index contributed by atoms with van der Waals surface area (Å²) >= 11 is 0. The Hall–Kier alpha value is -0.990. The van der Waals surface area contributed by atoms with Crippen LogP contribution in [0.2, 0.25) is 0 Å². The van der Waals surface area contributed by atoms with E-state index in [9.17, 15) is 13.2 Å². The fourth-order valence-corrected chi connectivity index (χ4v) is 1.45. The highest BCUT2D eigenvalue weighted by atomic mass is 19.4. The molecule has 0 unspecified atom stereocenters. The van der Waals surface area contributed by atoms with Gasteiger partial charge in [0.15, 0.2) is 0 Å². The van der Waals surface area contributed by atoms with E-state index in [0.717, 1.165) is 0 Å². The molecule has 0 atom stereocenters. The number of benzene rings is 1. The van der Waals surface area contributed by atoms with Crippen LogP contribution in [0.4, 0.5) is 13.2 Å². The highest BCUT2D eigenvalue weighted by molar-refractivity contribution is 5.40. The summed E-state index contributed by atoms with van der Waals surface area (Å²) in [6, 6.07) is 4.49. The second kappa shape index (κ2) is 3.64. The van der Waals surface area contributed by atoms with Crippen LogP contribution in [0.15, 0.2) is 18.2 Å². The summed E-state index contributed by atoms with van der Waals surface area (Å²) in [6.07, 6.45) is -4.31. The molecule has 0 saturated heterocycles. The summed E-state index contributed by atoms with van der Waals surface area (Å²) in [6.45, 7) is 6.89. The van der Waals surface area contributed by atoms with E-state index in [1.807, 2.05) is 0 Å². The molecule has 0 aromatic heterocycles. The third-order valence-electron chi connectivity index (χ3n) is 2.09. The molecule has 3 heteroatoms. The zero-order valence-corrected chi connectivity index (χ0v) is 8.15. The molecule has 0 bridgehead atoms. The van der Waals surface area contributed by atoms with E-state index in [0.29, 0.717) is 5.56 Å². The van der Waals surface area contributed by atoms with Gasteiger partial charge in [-0.05, 0) is 24.0 Å². The zero-order valence-electron chi connectivity index (χ0n) is 8.15. The first-order valence-electron chi connectivity index (χ1n) is 4.36. The van der Waals surface area contributed by atoms with Crippen LogP contribution >= 0.6 is 0 Å². The van der Waals surface area contributed by atoms with Crippen LogP contribution < -0.4 is 0 Å². The molecule has 1 aromatic rings. The number of hydrogen-bond acceptors (Lipinski definition) is 0. The Morgan fingerprint density at radius 2 is 1.79 bits per heavy atom. The fraction of sp³-hybridized carbons (Fsp3) is 0.364. The molecule has 0 N–H and O–H groups in total. The van der Waals surface area contributed by atoms with E-state index in [-0.39, 0.29) is 11.5 Å². The van der Waals surface area contributed by atoms with Crippen molar-refractivity contribution >= 4 is 0 Å². The Morgan fingerprint density at radius 1 is 1.21 bits per heavy atom. The molecular formula is C11H12F3. The highest BCUT2D eigenvalue weighted by Crippen LogP contribution is 2.37. The first kappa shape index (κ1) is 11.1. The molecule has 0 heterocycles. The molecule has 0 aliphatic rings. The summed E-state index contributed by atoms with van der Waals surface area (Å²) in [5.74, 6) is -0.145. The Balaban J connectivity index is 3.38.